The molecule has 1 N–H and O–H groups in total. The van der Waals surface area contributed by atoms with Crippen LogP contribution in [0.15, 0.2) is 0 Å². The van der Waals surface area contributed by atoms with Gasteiger partial charge in [0.1, 0.15) is 11.6 Å². The Hall–Kier alpha value is -0.940. The van der Waals surface area contributed by atoms with Crippen molar-refractivity contribution in [3.8, 4) is 0 Å². The number of piperidine rings is 1. The zero-order chi connectivity index (χ0) is 14.1. The van der Waals surface area contributed by atoms with E-state index in [9.17, 15) is 0 Å². The van der Waals surface area contributed by atoms with E-state index >= 15 is 0 Å². The highest BCUT2D eigenvalue weighted by Gasteiger charge is 2.32. The van der Waals surface area contributed by atoms with Crippen LogP contribution in [0.1, 0.15) is 50.2 Å². The lowest BCUT2D eigenvalue weighted by Gasteiger charge is -2.30. The Balaban J connectivity index is 1.43. The van der Waals surface area contributed by atoms with Crippen molar-refractivity contribution in [2.75, 3.05) is 19.6 Å². The van der Waals surface area contributed by atoms with Gasteiger partial charge in [-0.05, 0) is 57.5 Å². The van der Waals surface area contributed by atoms with E-state index in [1.165, 1.54) is 69.8 Å². The normalized spacial score (nSPS) is 26.0. The molecule has 4 rings (SSSR count). The molecule has 2 fully saturated rings. The molecule has 3 heterocycles. The zero-order valence-corrected chi connectivity index (χ0v) is 12.9. The van der Waals surface area contributed by atoms with Crippen LogP contribution in [0.4, 0.5) is 0 Å². The molecule has 3 aliphatic rings. The Bertz CT molecular complexity index is 473. The first-order valence-corrected chi connectivity index (χ1v) is 8.76. The molecule has 1 atom stereocenters. The lowest BCUT2D eigenvalue weighted by molar-refractivity contribution is 0.186. The van der Waals surface area contributed by atoms with Gasteiger partial charge in [0.2, 0.25) is 0 Å². The van der Waals surface area contributed by atoms with Crippen LogP contribution < -0.4 is 5.32 Å². The summed E-state index contributed by atoms with van der Waals surface area (Å²) in [5, 5.41) is 12.5. The average molecular weight is 289 g/mol. The van der Waals surface area contributed by atoms with Gasteiger partial charge in [-0.25, -0.2) is 0 Å². The monoisotopic (exact) mass is 289 g/mol. The molecule has 21 heavy (non-hydrogen) atoms. The second kappa shape index (κ2) is 6.05. The molecule has 5 heteroatoms. The van der Waals surface area contributed by atoms with Gasteiger partial charge in [0.15, 0.2) is 0 Å². The molecule has 1 aromatic heterocycles. The molecule has 1 aromatic rings. The van der Waals surface area contributed by atoms with E-state index in [0.717, 1.165) is 31.5 Å². The number of hydrogen-bond acceptors (Lipinski definition) is 4. The smallest absolute Gasteiger partial charge is 0.147 e. The van der Waals surface area contributed by atoms with Crippen LogP contribution >= 0.6 is 0 Å². The molecule has 1 aliphatic carbocycles. The van der Waals surface area contributed by atoms with E-state index < -0.39 is 0 Å². The molecule has 1 saturated carbocycles. The molecule has 0 bridgehead atoms. The van der Waals surface area contributed by atoms with Crippen LogP contribution in [-0.4, -0.2) is 45.3 Å². The van der Waals surface area contributed by atoms with Gasteiger partial charge in [0.05, 0.1) is 6.54 Å². The predicted molar refractivity (Wildman–Crippen MR) is 82.0 cm³/mol. The largest absolute Gasteiger partial charge is 0.316 e. The molecule has 5 nitrogen and oxygen atoms in total. The Morgan fingerprint density at radius 1 is 1.14 bits per heavy atom. The van der Waals surface area contributed by atoms with E-state index in [1.54, 1.807) is 0 Å². The fourth-order valence-corrected chi connectivity index (χ4v) is 3.86. The van der Waals surface area contributed by atoms with E-state index in [0.29, 0.717) is 0 Å². The summed E-state index contributed by atoms with van der Waals surface area (Å²) in [6.45, 7) is 5.77. The molecular formula is C16H27N5. The van der Waals surface area contributed by atoms with Gasteiger partial charge < -0.3 is 9.88 Å². The maximum absolute atomic E-state index is 4.50. The van der Waals surface area contributed by atoms with Crippen molar-refractivity contribution in [2.45, 2.75) is 64.1 Å². The van der Waals surface area contributed by atoms with Gasteiger partial charge >= 0.3 is 0 Å². The standard InChI is InChI=1S/C16H27N5/c1-2-9-21-15(5-1)18-19-16(21)12-20(14-6-7-14)11-13-4-3-8-17-10-13/h13-14,17H,1-12H2. The minimum atomic E-state index is 0.809. The Kier molecular flexibility index (Phi) is 3.95. The predicted octanol–water partition coefficient (Wildman–Crippen LogP) is 1.58. The fourth-order valence-electron chi connectivity index (χ4n) is 3.86. The van der Waals surface area contributed by atoms with Gasteiger partial charge in [-0.15, -0.1) is 10.2 Å². The van der Waals surface area contributed by atoms with Crippen LogP contribution in [-0.2, 0) is 19.5 Å². The number of aromatic nitrogens is 3. The highest BCUT2D eigenvalue weighted by atomic mass is 15.3. The molecule has 116 valence electrons. The van der Waals surface area contributed by atoms with Gasteiger partial charge in [0, 0.05) is 25.6 Å². The van der Waals surface area contributed by atoms with E-state index in [1.807, 2.05) is 0 Å². The second-order valence-corrected chi connectivity index (χ2v) is 7.01. The summed E-state index contributed by atoms with van der Waals surface area (Å²) in [4.78, 5) is 2.68. The number of hydrogen-bond donors (Lipinski definition) is 1. The Morgan fingerprint density at radius 2 is 2.10 bits per heavy atom. The van der Waals surface area contributed by atoms with Crippen molar-refractivity contribution in [1.82, 2.24) is 25.0 Å². The zero-order valence-electron chi connectivity index (χ0n) is 12.9. The summed E-state index contributed by atoms with van der Waals surface area (Å²) >= 11 is 0. The number of fused-ring (bicyclic) bond motifs is 1. The van der Waals surface area contributed by atoms with Crippen molar-refractivity contribution < 1.29 is 0 Å². The van der Waals surface area contributed by atoms with Crippen LogP contribution in [0, 0.1) is 5.92 Å². The molecule has 1 saturated heterocycles. The first kappa shape index (κ1) is 13.7. The molecular weight excluding hydrogens is 262 g/mol. The van der Waals surface area contributed by atoms with Crippen molar-refractivity contribution in [3.05, 3.63) is 11.6 Å². The molecule has 0 amide bonds. The first-order chi connectivity index (χ1) is 10.4. The fraction of sp³-hybridized carbons (Fsp3) is 0.875. The summed E-state index contributed by atoms with van der Waals surface area (Å²) in [7, 11) is 0. The molecule has 0 spiro atoms. The number of aryl methyl sites for hydroxylation is 1. The lowest BCUT2D eigenvalue weighted by Crippen LogP contribution is -2.39. The highest BCUT2D eigenvalue weighted by molar-refractivity contribution is 5.00. The van der Waals surface area contributed by atoms with Crippen molar-refractivity contribution in [2.24, 2.45) is 5.92 Å². The second-order valence-electron chi connectivity index (χ2n) is 7.01. The van der Waals surface area contributed by atoms with Crippen LogP contribution in [0.25, 0.3) is 0 Å². The highest BCUT2D eigenvalue weighted by Crippen LogP contribution is 2.30. The molecule has 0 radical (unpaired) electrons. The minimum Gasteiger partial charge on any atom is -0.316 e. The summed E-state index contributed by atoms with van der Waals surface area (Å²) < 4.78 is 2.39. The summed E-state index contributed by atoms with van der Waals surface area (Å²) in [5.74, 6) is 3.25. The van der Waals surface area contributed by atoms with Crippen LogP contribution in [0.3, 0.4) is 0 Å². The van der Waals surface area contributed by atoms with Gasteiger partial charge in [-0.1, -0.05) is 0 Å². The van der Waals surface area contributed by atoms with E-state index in [4.69, 9.17) is 0 Å². The molecule has 1 unspecified atom stereocenters. The van der Waals surface area contributed by atoms with Crippen molar-refractivity contribution in [1.29, 1.82) is 0 Å². The summed E-state index contributed by atoms with van der Waals surface area (Å²) in [6, 6.07) is 0.809. The van der Waals surface area contributed by atoms with Gasteiger partial charge in [0.25, 0.3) is 0 Å². The third-order valence-corrected chi connectivity index (χ3v) is 5.24. The number of rotatable bonds is 5. The van der Waals surface area contributed by atoms with Gasteiger partial charge in [-0.3, -0.25) is 4.90 Å². The number of nitrogens with one attached hydrogen (secondary N) is 1. The maximum atomic E-state index is 4.50. The Labute approximate surface area is 127 Å². The van der Waals surface area contributed by atoms with Crippen molar-refractivity contribution >= 4 is 0 Å². The number of nitrogens with zero attached hydrogens (tertiary/aromatic N) is 4. The van der Waals surface area contributed by atoms with Crippen LogP contribution in [0.5, 0.6) is 0 Å². The third-order valence-electron chi connectivity index (χ3n) is 5.24. The SMILES string of the molecule is C1CCn2c(nnc2CN(CC2CCCNC2)C2CC2)C1. The average Bonchev–Trinajstić information content (AvgIpc) is 3.30. The molecule has 0 aromatic carbocycles. The maximum Gasteiger partial charge on any atom is 0.147 e. The minimum absolute atomic E-state index is 0.809. The van der Waals surface area contributed by atoms with Gasteiger partial charge in [-0.2, -0.15) is 0 Å². The first-order valence-electron chi connectivity index (χ1n) is 8.76. The Morgan fingerprint density at radius 3 is 2.90 bits per heavy atom. The van der Waals surface area contributed by atoms with E-state index in [-0.39, 0.29) is 0 Å². The lowest BCUT2D eigenvalue weighted by atomic mass is 9.99. The van der Waals surface area contributed by atoms with E-state index in [2.05, 4.69) is 25.0 Å². The summed E-state index contributed by atoms with van der Waals surface area (Å²) in [5.41, 5.74) is 0. The van der Waals surface area contributed by atoms with Crippen molar-refractivity contribution in [3.63, 3.8) is 0 Å². The van der Waals surface area contributed by atoms with Crippen LogP contribution in [0.2, 0.25) is 0 Å². The summed E-state index contributed by atoms with van der Waals surface area (Å²) in [6.07, 6.45) is 9.15. The third kappa shape index (κ3) is 3.14. The topological polar surface area (TPSA) is 46.0 Å². The quantitative estimate of drug-likeness (QED) is 0.894. The molecule has 2 aliphatic heterocycles.